The van der Waals surface area contributed by atoms with Gasteiger partial charge in [0.15, 0.2) is 0 Å². The lowest BCUT2D eigenvalue weighted by Crippen LogP contribution is -2.09. The minimum Gasteiger partial charge on any atom is -0.456 e. The summed E-state index contributed by atoms with van der Waals surface area (Å²) >= 11 is 0. The Morgan fingerprint density at radius 2 is 0.734 bits per heavy atom. The lowest BCUT2D eigenvalue weighted by molar-refractivity contribution is 0.662. The molecule has 0 bridgehead atoms. The molecule has 0 atom stereocenters. The zero-order valence-corrected chi connectivity index (χ0v) is 34.5. The van der Waals surface area contributed by atoms with E-state index in [0.717, 1.165) is 105 Å². The Morgan fingerprint density at radius 1 is 0.266 bits per heavy atom. The van der Waals surface area contributed by atoms with E-state index in [1.54, 1.807) is 0 Å². The summed E-state index contributed by atoms with van der Waals surface area (Å²) in [5.74, 6) is 0. The molecule has 13 rings (SSSR count). The van der Waals surface area contributed by atoms with Gasteiger partial charge in [-0.1, -0.05) is 158 Å². The van der Waals surface area contributed by atoms with Crippen LogP contribution < -0.4 is 4.90 Å². The van der Waals surface area contributed by atoms with Gasteiger partial charge in [-0.3, -0.25) is 0 Å². The van der Waals surface area contributed by atoms with Crippen molar-refractivity contribution in [3.8, 4) is 44.5 Å². The number of para-hydroxylation sites is 3. The van der Waals surface area contributed by atoms with Crippen molar-refractivity contribution in [1.82, 2.24) is 0 Å². The van der Waals surface area contributed by atoms with Crippen LogP contribution in [0, 0.1) is 0 Å². The molecular weight excluding hydrogens is 783 g/mol. The van der Waals surface area contributed by atoms with Crippen molar-refractivity contribution in [3.63, 3.8) is 0 Å². The minimum absolute atomic E-state index is 0.807. The largest absolute Gasteiger partial charge is 0.456 e. The molecule has 300 valence electrons. The van der Waals surface area contributed by atoms with Crippen molar-refractivity contribution in [2.75, 3.05) is 4.90 Å². The molecule has 4 nitrogen and oxygen atoms in total. The van der Waals surface area contributed by atoms with E-state index in [2.05, 4.69) is 205 Å². The zero-order chi connectivity index (χ0) is 42.1. The Morgan fingerprint density at radius 3 is 1.36 bits per heavy atom. The molecule has 0 aliphatic heterocycles. The number of hydrogen-bond acceptors (Lipinski definition) is 4. The van der Waals surface area contributed by atoms with E-state index in [9.17, 15) is 0 Å². The number of nitrogens with zero attached hydrogens (tertiary/aromatic N) is 1. The molecule has 64 heavy (non-hydrogen) atoms. The predicted molar refractivity (Wildman–Crippen MR) is 265 cm³/mol. The topological polar surface area (TPSA) is 42.7 Å². The van der Waals surface area contributed by atoms with Crippen LogP contribution in [0.3, 0.4) is 0 Å². The Labute approximate surface area is 368 Å². The first kappa shape index (κ1) is 36.1. The van der Waals surface area contributed by atoms with Gasteiger partial charge in [0, 0.05) is 60.5 Å². The maximum Gasteiger partial charge on any atom is 0.144 e. The molecule has 10 aromatic carbocycles. The van der Waals surface area contributed by atoms with Crippen molar-refractivity contribution in [2.45, 2.75) is 0 Å². The van der Waals surface area contributed by atoms with Gasteiger partial charge in [-0.2, -0.15) is 0 Å². The van der Waals surface area contributed by atoms with E-state index in [0.29, 0.717) is 0 Å². The Bertz CT molecular complexity index is 3780. The van der Waals surface area contributed by atoms with E-state index in [1.165, 1.54) is 22.3 Å². The summed E-state index contributed by atoms with van der Waals surface area (Å²) in [4.78, 5) is 2.32. The third-order valence-corrected chi connectivity index (χ3v) is 12.7. The maximum atomic E-state index is 6.91. The van der Waals surface area contributed by atoms with Gasteiger partial charge in [0.2, 0.25) is 0 Å². The fourth-order valence-corrected chi connectivity index (χ4v) is 9.61. The van der Waals surface area contributed by atoms with Crippen molar-refractivity contribution in [1.29, 1.82) is 0 Å². The molecule has 0 aliphatic carbocycles. The van der Waals surface area contributed by atoms with E-state index >= 15 is 0 Å². The van der Waals surface area contributed by atoms with E-state index < -0.39 is 0 Å². The lowest BCUT2D eigenvalue weighted by atomic mass is 9.94. The first-order chi connectivity index (χ1) is 31.7. The smallest absolute Gasteiger partial charge is 0.144 e. The summed E-state index contributed by atoms with van der Waals surface area (Å²) in [7, 11) is 0. The summed E-state index contributed by atoms with van der Waals surface area (Å²) in [6.45, 7) is 0. The average Bonchev–Trinajstić information content (AvgIpc) is 4.06. The molecule has 0 amide bonds. The van der Waals surface area contributed by atoms with Crippen molar-refractivity contribution in [2.24, 2.45) is 0 Å². The van der Waals surface area contributed by atoms with Gasteiger partial charge in [-0.15, -0.1) is 0 Å². The second kappa shape index (κ2) is 14.5. The molecule has 3 heterocycles. The monoisotopic (exact) mass is 819 g/mol. The standard InChI is InChI=1S/C60H37NO3/c1-3-12-38(13-4-1)40-22-29-44(30-23-40)61(45-31-24-41(25-32-45)39-14-5-2-6-15-39)46-33-26-42(27-34-46)43-28-35-55-51(36-43)52-37-56-57(49-17-8-10-21-54(49)62-56)58(60(52)64-55)50-19-11-18-48-47-16-7-9-20-53(47)63-59(48)50/h1-37H. The molecule has 3 aromatic heterocycles. The summed E-state index contributed by atoms with van der Waals surface area (Å²) in [5, 5.41) is 6.23. The molecule has 0 N–H and O–H groups in total. The van der Waals surface area contributed by atoms with Gasteiger partial charge in [0.25, 0.3) is 0 Å². The number of hydrogen-bond donors (Lipinski definition) is 0. The molecular formula is C60H37NO3. The molecule has 0 aliphatic rings. The van der Waals surface area contributed by atoms with Crippen LogP contribution >= 0.6 is 0 Å². The summed E-state index contributed by atoms with van der Waals surface area (Å²) in [5.41, 5.74) is 17.1. The van der Waals surface area contributed by atoms with Gasteiger partial charge in [-0.25, -0.2) is 0 Å². The van der Waals surface area contributed by atoms with Gasteiger partial charge in [0.1, 0.15) is 33.5 Å². The Hall–Kier alpha value is -8.60. The Balaban J connectivity index is 0.930. The zero-order valence-electron chi connectivity index (χ0n) is 34.5. The molecule has 4 heteroatoms. The van der Waals surface area contributed by atoms with Crippen LogP contribution in [-0.2, 0) is 0 Å². The third-order valence-electron chi connectivity index (χ3n) is 12.7. The number of furan rings is 3. The van der Waals surface area contributed by atoms with E-state index in [1.807, 2.05) is 24.3 Å². The first-order valence-corrected chi connectivity index (χ1v) is 21.6. The van der Waals surface area contributed by atoms with Crippen LogP contribution in [0.2, 0.25) is 0 Å². The number of anilines is 3. The average molecular weight is 820 g/mol. The molecule has 0 unspecified atom stereocenters. The van der Waals surface area contributed by atoms with E-state index in [4.69, 9.17) is 13.3 Å². The van der Waals surface area contributed by atoms with Gasteiger partial charge in [0.05, 0.1) is 0 Å². The Kier molecular flexibility index (Phi) is 8.18. The molecule has 0 saturated heterocycles. The highest BCUT2D eigenvalue weighted by atomic mass is 16.3. The minimum atomic E-state index is 0.807. The first-order valence-electron chi connectivity index (χ1n) is 21.6. The van der Waals surface area contributed by atoms with Crippen LogP contribution in [0.5, 0.6) is 0 Å². The number of benzene rings is 10. The molecule has 0 fully saturated rings. The highest BCUT2D eigenvalue weighted by Gasteiger charge is 2.24. The quantitative estimate of drug-likeness (QED) is 0.161. The third kappa shape index (κ3) is 5.84. The number of rotatable bonds is 7. The highest BCUT2D eigenvalue weighted by molar-refractivity contribution is 6.26. The second-order valence-corrected chi connectivity index (χ2v) is 16.4. The fourth-order valence-electron chi connectivity index (χ4n) is 9.61. The molecule has 0 spiro atoms. The second-order valence-electron chi connectivity index (χ2n) is 16.4. The SMILES string of the molecule is c1ccc(-c2ccc(N(c3ccc(-c4ccccc4)cc3)c3ccc(-c4ccc5oc6c(-c7cccc8c7oc7ccccc78)c7c(cc6c5c4)oc4ccccc47)cc3)cc2)cc1. The van der Waals surface area contributed by atoms with Crippen LogP contribution in [0.4, 0.5) is 17.1 Å². The van der Waals surface area contributed by atoms with Crippen LogP contribution in [0.25, 0.3) is 110 Å². The molecule has 0 saturated carbocycles. The van der Waals surface area contributed by atoms with Gasteiger partial charge < -0.3 is 18.2 Å². The summed E-state index contributed by atoms with van der Waals surface area (Å²) < 4.78 is 20.2. The summed E-state index contributed by atoms with van der Waals surface area (Å²) in [6.07, 6.45) is 0. The summed E-state index contributed by atoms with van der Waals surface area (Å²) in [6, 6.07) is 79.0. The van der Waals surface area contributed by atoms with Crippen LogP contribution in [0.1, 0.15) is 0 Å². The van der Waals surface area contributed by atoms with E-state index in [-0.39, 0.29) is 0 Å². The number of fused-ring (bicyclic) bond motifs is 9. The van der Waals surface area contributed by atoms with Crippen molar-refractivity contribution >= 4 is 82.9 Å². The lowest BCUT2D eigenvalue weighted by Gasteiger charge is -2.26. The van der Waals surface area contributed by atoms with Gasteiger partial charge >= 0.3 is 0 Å². The fraction of sp³-hybridized carbons (Fsp3) is 0. The van der Waals surface area contributed by atoms with Gasteiger partial charge in [-0.05, 0) is 100 Å². The van der Waals surface area contributed by atoms with Crippen molar-refractivity contribution < 1.29 is 13.3 Å². The van der Waals surface area contributed by atoms with Crippen LogP contribution in [-0.4, -0.2) is 0 Å². The predicted octanol–water partition coefficient (Wildman–Crippen LogP) is 17.5. The molecule has 0 radical (unpaired) electrons. The normalized spacial score (nSPS) is 11.8. The molecule has 13 aromatic rings. The highest BCUT2D eigenvalue weighted by Crippen LogP contribution is 2.48. The van der Waals surface area contributed by atoms with Crippen LogP contribution in [0.15, 0.2) is 238 Å². The maximum absolute atomic E-state index is 6.91. The van der Waals surface area contributed by atoms with Crippen molar-refractivity contribution in [3.05, 3.63) is 224 Å².